The highest BCUT2D eigenvalue weighted by atomic mass is 35.5. The predicted octanol–water partition coefficient (Wildman–Crippen LogP) is 4.46. The summed E-state index contributed by atoms with van der Waals surface area (Å²) in [6, 6.07) is 8.64. The van der Waals surface area contributed by atoms with Crippen molar-refractivity contribution in [3.8, 4) is 0 Å². The van der Waals surface area contributed by atoms with Gasteiger partial charge in [-0.1, -0.05) is 38.4 Å². The molecule has 0 spiro atoms. The zero-order valence-corrected chi connectivity index (χ0v) is 12.4. The molecule has 1 aromatic carbocycles. The maximum Gasteiger partial charge on any atom is 0.0417 e. The van der Waals surface area contributed by atoms with Crippen LogP contribution >= 0.6 is 23.4 Å². The fourth-order valence-corrected chi connectivity index (χ4v) is 3.07. The molecule has 1 N–H and O–H groups in total. The molecule has 0 heterocycles. The number of hydrogen-bond acceptors (Lipinski definition) is 2. The Hall–Kier alpha value is -0.180. The summed E-state index contributed by atoms with van der Waals surface area (Å²) >= 11 is 7.85. The number of nitrogens with one attached hydrogen (secondary N) is 1. The smallest absolute Gasteiger partial charge is 0.0417 e. The lowest BCUT2D eigenvalue weighted by Gasteiger charge is -2.21. The normalized spacial score (nSPS) is 13.0. The summed E-state index contributed by atoms with van der Waals surface area (Å²) in [4.78, 5) is 1.25. The van der Waals surface area contributed by atoms with E-state index in [2.05, 4.69) is 32.2 Å². The predicted molar refractivity (Wildman–Crippen MR) is 79.1 cm³/mol. The lowest BCUT2D eigenvalue weighted by molar-refractivity contribution is 0.434. The van der Waals surface area contributed by atoms with Crippen LogP contribution in [0, 0.1) is 5.92 Å². The summed E-state index contributed by atoms with van der Waals surface area (Å²) in [7, 11) is 0. The summed E-state index contributed by atoms with van der Waals surface area (Å²) in [5, 5.41) is 4.42. The van der Waals surface area contributed by atoms with Crippen molar-refractivity contribution in [2.75, 3.05) is 12.3 Å². The Morgan fingerprint density at radius 2 is 2.12 bits per heavy atom. The first-order chi connectivity index (χ1) is 8.13. The van der Waals surface area contributed by atoms with E-state index in [9.17, 15) is 0 Å². The molecule has 1 aromatic rings. The van der Waals surface area contributed by atoms with Crippen LogP contribution in [0.4, 0.5) is 0 Å². The lowest BCUT2D eigenvalue weighted by Crippen LogP contribution is -2.36. The van der Waals surface area contributed by atoms with Gasteiger partial charge < -0.3 is 5.32 Å². The van der Waals surface area contributed by atoms with Crippen LogP contribution in [0.2, 0.25) is 5.02 Å². The molecule has 0 aromatic heterocycles. The van der Waals surface area contributed by atoms with Crippen molar-refractivity contribution in [2.24, 2.45) is 5.92 Å². The van der Waals surface area contributed by atoms with Crippen molar-refractivity contribution in [2.45, 2.75) is 38.1 Å². The van der Waals surface area contributed by atoms with Crippen molar-refractivity contribution < 1.29 is 0 Å². The second-order valence-corrected chi connectivity index (χ2v) is 6.10. The van der Waals surface area contributed by atoms with Gasteiger partial charge in [0, 0.05) is 21.7 Å². The molecule has 0 aliphatic rings. The van der Waals surface area contributed by atoms with Crippen molar-refractivity contribution in [1.29, 1.82) is 0 Å². The van der Waals surface area contributed by atoms with Crippen LogP contribution in [0.25, 0.3) is 0 Å². The van der Waals surface area contributed by atoms with E-state index in [-0.39, 0.29) is 0 Å². The minimum Gasteiger partial charge on any atom is -0.313 e. The Labute approximate surface area is 114 Å². The zero-order valence-electron chi connectivity index (χ0n) is 10.9. The SMILES string of the molecule is CCCNC(CSc1cccc(Cl)c1)C(C)C. The highest BCUT2D eigenvalue weighted by molar-refractivity contribution is 7.99. The Balaban J connectivity index is 2.45. The standard InChI is InChI=1S/C14H22ClNS/c1-4-8-16-14(11(2)3)10-17-13-7-5-6-12(15)9-13/h5-7,9,11,14,16H,4,8,10H2,1-3H3. The number of rotatable bonds is 7. The monoisotopic (exact) mass is 271 g/mol. The highest BCUT2D eigenvalue weighted by Crippen LogP contribution is 2.23. The highest BCUT2D eigenvalue weighted by Gasteiger charge is 2.12. The van der Waals surface area contributed by atoms with Crippen molar-refractivity contribution in [1.82, 2.24) is 5.32 Å². The molecule has 0 amide bonds. The zero-order chi connectivity index (χ0) is 12.7. The van der Waals surface area contributed by atoms with Gasteiger partial charge in [-0.2, -0.15) is 0 Å². The summed E-state index contributed by atoms with van der Waals surface area (Å²) < 4.78 is 0. The maximum atomic E-state index is 5.98. The largest absolute Gasteiger partial charge is 0.313 e. The quantitative estimate of drug-likeness (QED) is 0.735. The van der Waals surface area contributed by atoms with Gasteiger partial charge >= 0.3 is 0 Å². The molecule has 1 nitrogen and oxygen atoms in total. The van der Waals surface area contributed by atoms with Gasteiger partial charge in [0.05, 0.1) is 0 Å². The first kappa shape index (κ1) is 14.9. The fraction of sp³-hybridized carbons (Fsp3) is 0.571. The van der Waals surface area contributed by atoms with E-state index >= 15 is 0 Å². The molecule has 96 valence electrons. The van der Waals surface area contributed by atoms with Crippen molar-refractivity contribution in [3.63, 3.8) is 0 Å². The van der Waals surface area contributed by atoms with Crippen LogP contribution in [-0.2, 0) is 0 Å². The second-order valence-electron chi connectivity index (χ2n) is 4.57. The minimum atomic E-state index is 0.568. The molecule has 0 aliphatic heterocycles. The average Bonchev–Trinajstić information content (AvgIpc) is 2.28. The van der Waals surface area contributed by atoms with E-state index in [1.807, 2.05) is 30.0 Å². The van der Waals surface area contributed by atoms with Gasteiger partial charge in [-0.3, -0.25) is 0 Å². The van der Waals surface area contributed by atoms with E-state index in [0.29, 0.717) is 12.0 Å². The summed E-state index contributed by atoms with van der Waals surface area (Å²) in [6.45, 7) is 7.84. The molecule has 0 fully saturated rings. The summed E-state index contributed by atoms with van der Waals surface area (Å²) in [6.07, 6.45) is 1.19. The second kappa shape index (κ2) is 8.02. The number of thioether (sulfide) groups is 1. The number of benzene rings is 1. The lowest BCUT2D eigenvalue weighted by atomic mass is 10.1. The first-order valence-electron chi connectivity index (χ1n) is 6.25. The Bertz CT molecular complexity index is 328. The van der Waals surface area contributed by atoms with Gasteiger partial charge in [-0.05, 0) is 37.1 Å². The third kappa shape index (κ3) is 5.80. The van der Waals surface area contributed by atoms with E-state index in [1.54, 1.807) is 0 Å². The van der Waals surface area contributed by atoms with Crippen LogP contribution < -0.4 is 5.32 Å². The van der Waals surface area contributed by atoms with E-state index in [1.165, 1.54) is 11.3 Å². The number of halogens is 1. The molecule has 3 heteroatoms. The molecule has 0 radical (unpaired) electrons. The maximum absolute atomic E-state index is 5.98. The molecule has 0 saturated carbocycles. The third-order valence-corrected chi connectivity index (χ3v) is 4.04. The Morgan fingerprint density at radius 1 is 1.35 bits per heavy atom. The first-order valence-corrected chi connectivity index (χ1v) is 7.61. The van der Waals surface area contributed by atoms with E-state index in [0.717, 1.165) is 17.3 Å². The number of hydrogen-bond donors (Lipinski definition) is 1. The molecule has 0 saturated heterocycles. The Morgan fingerprint density at radius 3 is 2.71 bits per heavy atom. The van der Waals surface area contributed by atoms with Crippen LogP contribution in [-0.4, -0.2) is 18.3 Å². The topological polar surface area (TPSA) is 12.0 Å². The fourth-order valence-electron chi connectivity index (χ4n) is 1.56. The molecule has 0 bridgehead atoms. The van der Waals surface area contributed by atoms with Crippen LogP contribution in [0.15, 0.2) is 29.2 Å². The van der Waals surface area contributed by atoms with E-state index < -0.39 is 0 Å². The van der Waals surface area contributed by atoms with Gasteiger partial charge in [0.15, 0.2) is 0 Å². The van der Waals surface area contributed by atoms with Gasteiger partial charge in [0.1, 0.15) is 0 Å². The minimum absolute atomic E-state index is 0.568. The van der Waals surface area contributed by atoms with Crippen LogP contribution in [0.5, 0.6) is 0 Å². The van der Waals surface area contributed by atoms with Crippen LogP contribution in [0.1, 0.15) is 27.2 Å². The average molecular weight is 272 g/mol. The molecule has 1 rings (SSSR count). The van der Waals surface area contributed by atoms with Gasteiger partial charge in [-0.25, -0.2) is 0 Å². The molecule has 1 unspecified atom stereocenters. The van der Waals surface area contributed by atoms with Gasteiger partial charge in [0.25, 0.3) is 0 Å². The molecule has 1 atom stereocenters. The molecule has 0 aliphatic carbocycles. The third-order valence-electron chi connectivity index (χ3n) is 2.69. The molecule has 17 heavy (non-hydrogen) atoms. The molecular weight excluding hydrogens is 250 g/mol. The van der Waals surface area contributed by atoms with Crippen LogP contribution in [0.3, 0.4) is 0 Å². The summed E-state index contributed by atoms with van der Waals surface area (Å²) in [5.74, 6) is 1.76. The Kier molecular flexibility index (Phi) is 7.02. The summed E-state index contributed by atoms with van der Waals surface area (Å²) in [5.41, 5.74) is 0. The van der Waals surface area contributed by atoms with E-state index in [4.69, 9.17) is 11.6 Å². The van der Waals surface area contributed by atoms with Crippen molar-refractivity contribution >= 4 is 23.4 Å². The van der Waals surface area contributed by atoms with Gasteiger partial charge in [-0.15, -0.1) is 11.8 Å². The van der Waals surface area contributed by atoms with Crippen molar-refractivity contribution in [3.05, 3.63) is 29.3 Å². The molecular formula is C14H22ClNS. The van der Waals surface area contributed by atoms with Gasteiger partial charge in [0.2, 0.25) is 0 Å².